The molecule has 1 amide bonds. The van der Waals surface area contributed by atoms with Crippen molar-refractivity contribution in [1.29, 1.82) is 0 Å². The molecule has 102 valence electrons. The van der Waals surface area contributed by atoms with E-state index in [1.807, 2.05) is 0 Å². The molecule has 0 spiro atoms. The Morgan fingerprint density at radius 1 is 1.21 bits per heavy atom. The van der Waals surface area contributed by atoms with E-state index < -0.39 is 0 Å². The number of methoxy groups -OCH3 is 1. The van der Waals surface area contributed by atoms with Gasteiger partial charge in [0.25, 0.3) is 5.91 Å². The maximum Gasteiger partial charge on any atom is 0.308 e. The highest BCUT2D eigenvalue weighted by atomic mass is 19.1. The molecule has 1 aromatic rings. The molecule has 0 aromatic heterocycles. The third-order valence-corrected chi connectivity index (χ3v) is 3.41. The Bertz CT molecular complexity index is 464. The van der Waals surface area contributed by atoms with Crippen molar-refractivity contribution in [1.82, 2.24) is 4.90 Å². The van der Waals surface area contributed by atoms with Crippen molar-refractivity contribution < 1.29 is 18.7 Å². The number of carbonyl (C=O) groups excluding carboxylic acids is 2. The minimum atomic E-state index is -0.360. The summed E-state index contributed by atoms with van der Waals surface area (Å²) in [5, 5.41) is 0. The van der Waals surface area contributed by atoms with Crippen LogP contribution < -0.4 is 0 Å². The molecule has 1 fully saturated rings. The van der Waals surface area contributed by atoms with E-state index in [1.54, 1.807) is 4.90 Å². The summed E-state index contributed by atoms with van der Waals surface area (Å²) >= 11 is 0. The number of amides is 1. The van der Waals surface area contributed by atoms with Crippen LogP contribution in [0.3, 0.4) is 0 Å². The summed E-state index contributed by atoms with van der Waals surface area (Å²) < 4.78 is 17.5. The number of piperidine rings is 1. The summed E-state index contributed by atoms with van der Waals surface area (Å²) in [5.74, 6) is -0.819. The van der Waals surface area contributed by atoms with E-state index in [0.717, 1.165) is 0 Å². The Hall–Kier alpha value is -1.91. The molecule has 1 saturated heterocycles. The molecule has 4 nitrogen and oxygen atoms in total. The van der Waals surface area contributed by atoms with E-state index in [2.05, 4.69) is 0 Å². The second kappa shape index (κ2) is 5.82. The molecule has 0 bridgehead atoms. The van der Waals surface area contributed by atoms with E-state index >= 15 is 0 Å². The highest BCUT2D eigenvalue weighted by Gasteiger charge is 2.28. The first kappa shape index (κ1) is 13.5. The summed E-state index contributed by atoms with van der Waals surface area (Å²) in [7, 11) is 1.37. The maximum atomic E-state index is 12.8. The molecule has 2 rings (SSSR count). The first-order valence-corrected chi connectivity index (χ1v) is 6.24. The summed E-state index contributed by atoms with van der Waals surface area (Å²) in [6.45, 7) is 1.05. The Kier molecular flexibility index (Phi) is 4.14. The minimum Gasteiger partial charge on any atom is -0.469 e. The van der Waals surface area contributed by atoms with Gasteiger partial charge in [-0.15, -0.1) is 0 Å². The number of carbonyl (C=O) groups is 2. The fraction of sp³-hybridized carbons (Fsp3) is 0.429. The first-order valence-electron chi connectivity index (χ1n) is 6.24. The molecular formula is C14H16FNO3. The van der Waals surface area contributed by atoms with Gasteiger partial charge < -0.3 is 9.64 Å². The molecule has 1 aliphatic heterocycles. The highest BCUT2D eigenvalue weighted by molar-refractivity contribution is 5.94. The van der Waals surface area contributed by atoms with Crippen molar-refractivity contribution in [2.75, 3.05) is 20.2 Å². The van der Waals surface area contributed by atoms with Gasteiger partial charge in [0.05, 0.1) is 13.0 Å². The Balaban J connectivity index is 1.96. The van der Waals surface area contributed by atoms with Gasteiger partial charge in [-0.05, 0) is 37.1 Å². The Labute approximate surface area is 111 Å². The van der Waals surface area contributed by atoms with Crippen LogP contribution in [-0.4, -0.2) is 37.0 Å². The molecule has 5 heteroatoms. The van der Waals surface area contributed by atoms with E-state index in [4.69, 9.17) is 4.74 Å². The standard InChI is InChI=1S/C14H16FNO3/c1-19-14(18)11-6-8-16(9-7-11)13(17)10-2-4-12(15)5-3-10/h2-5,11H,6-9H2,1H3. The lowest BCUT2D eigenvalue weighted by molar-refractivity contribution is -0.146. The normalized spacial score (nSPS) is 16.2. The van der Waals surface area contributed by atoms with Crippen LogP contribution in [0.25, 0.3) is 0 Å². The molecule has 0 aliphatic carbocycles. The van der Waals surface area contributed by atoms with Crippen LogP contribution >= 0.6 is 0 Å². The van der Waals surface area contributed by atoms with E-state index in [-0.39, 0.29) is 23.6 Å². The zero-order valence-corrected chi connectivity index (χ0v) is 10.8. The number of benzene rings is 1. The fourth-order valence-electron chi connectivity index (χ4n) is 2.26. The lowest BCUT2D eigenvalue weighted by Gasteiger charge is -2.30. The lowest BCUT2D eigenvalue weighted by atomic mass is 9.96. The van der Waals surface area contributed by atoms with Crippen LogP contribution in [0.4, 0.5) is 4.39 Å². The van der Waals surface area contributed by atoms with Crippen molar-refractivity contribution in [3.8, 4) is 0 Å². The van der Waals surface area contributed by atoms with Crippen LogP contribution in [0.15, 0.2) is 24.3 Å². The number of ether oxygens (including phenoxy) is 1. The summed E-state index contributed by atoms with van der Waals surface area (Å²) in [5.41, 5.74) is 0.470. The van der Waals surface area contributed by atoms with Gasteiger partial charge in [-0.3, -0.25) is 9.59 Å². The quantitative estimate of drug-likeness (QED) is 0.767. The van der Waals surface area contributed by atoms with Crippen LogP contribution in [-0.2, 0) is 9.53 Å². The third kappa shape index (κ3) is 3.10. The number of hydrogen-bond donors (Lipinski definition) is 0. The molecule has 1 aromatic carbocycles. The predicted octanol–water partition coefficient (Wildman–Crippen LogP) is 1.85. The zero-order chi connectivity index (χ0) is 13.8. The first-order chi connectivity index (χ1) is 9.11. The predicted molar refractivity (Wildman–Crippen MR) is 67.0 cm³/mol. The van der Waals surface area contributed by atoms with Gasteiger partial charge >= 0.3 is 5.97 Å². The molecule has 1 aliphatic rings. The average molecular weight is 265 g/mol. The molecular weight excluding hydrogens is 249 g/mol. The van der Waals surface area contributed by atoms with Crippen LogP contribution in [0.2, 0.25) is 0 Å². The van der Waals surface area contributed by atoms with Gasteiger partial charge in [-0.2, -0.15) is 0 Å². The monoisotopic (exact) mass is 265 g/mol. The van der Waals surface area contributed by atoms with Crippen LogP contribution in [0, 0.1) is 11.7 Å². The largest absolute Gasteiger partial charge is 0.469 e. The van der Waals surface area contributed by atoms with Gasteiger partial charge in [0.1, 0.15) is 5.82 Å². The van der Waals surface area contributed by atoms with Crippen molar-refractivity contribution in [3.05, 3.63) is 35.6 Å². The smallest absolute Gasteiger partial charge is 0.308 e. The van der Waals surface area contributed by atoms with Gasteiger partial charge in [0.2, 0.25) is 0 Å². The number of rotatable bonds is 2. The van der Waals surface area contributed by atoms with Gasteiger partial charge in [0.15, 0.2) is 0 Å². The number of hydrogen-bond acceptors (Lipinski definition) is 3. The number of halogens is 1. The highest BCUT2D eigenvalue weighted by Crippen LogP contribution is 2.20. The third-order valence-electron chi connectivity index (χ3n) is 3.41. The molecule has 0 radical (unpaired) electrons. The van der Waals surface area contributed by atoms with Crippen molar-refractivity contribution >= 4 is 11.9 Å². The molecule has 19 heavy (non-hydrogen) atoms. The molecule has 0 unspecified atom stereocenters. The Morgan fingerprint density at radius 3 is 2.32 bits per heavy atom. The summed E-state index contributed by atoms with van der Waals surface area (Å²) in [6.07, 6.45) is 1.22. The van der Waals surface area contributed by atoms with Crippen LogP contribution in [0.1, 0.15) is 23.2 Å². The zero-order valence-electron chi connectivity index (χ0n) is 10.8. The fourth-order valence-corrected chi connectivity index (χ4v) is 2.26. The maximum absolute atomic E-state index is 12.8. The molecule has 1 heterocycles. The van der Waals surface area contributed by atoms with E-state index in [9.17, 15) is 14.0 Å². The second-order valence-corrected chi connectivity index (χ2v) is 4.60. The van der Waals surface area contributed by atoms with E-state index in [0.29, 0.717) is 31.5 Å². The van der Waals surface area contributed by atoms with Gasteiger partial charge in [-0.25, -0.2) is 4.39 Å². The summed E-state index contributed by atoms with van der Waals surface area (Å²) in [6, 6.07) is 5.50. The van der Waals surface area contributed by atoms with Gasteiger partial charge in [0, 0.05) is 18.7 Å². The average Bonchev–Trinajstić information content (AvgIpc) is 2.46. The summed E-state index contributed by atoms with van der Waals surface area (Å²) in [4.78, 5) is 25.2. The lowest BCUT2D eigenvalue weighted by Crippen LogP contribution is -2.40. The van der Waals surface area contributed by atoms with Crippen molar-refractivity contribution in [3.63, 3.8) is 0 Å². The SMILES string of the molecule is COC(=O)C1CCN(C(=O)c2ccc(F)cc2)CC1. The number of likely N-dealkylation sites (tertiary alicyclic amines) is 1. The minimum absolute atomic E-state index is 0.122. The van der Waals surface area contributed by atoms with Crippen molar-refractivity contribution in [2.24, 2.45) is 5.92 Å². The van der Waals surface area contributed by atoms with E-state index in [1.165, 1.54) is 31.4 Å². The molecule has 0 atom stereocenters. The number of nitrogens with zero attached hydrogens (tertiary/aromatic N) is 1. The Morgan fingerprint density at radius 2 is 1.79 bits per heavy atom. The topological polar surface area (TPSA) is 46.6 Å². The van der Waals surface area contributed by atoms with Gasteiger partial charge in [-0.1, -0.05) is 0 Å². The van der Waals surface area contributed by atoms with Crippen LogP contribution in [0.5, 0.6) is 0 Å². The number of esters is 1. The second-order valence-electron chi connectivity index (χ2n) is 4.60. The molecule has 0 saturated carbocycles. The molecule has 0 N–H and O–H groups in total. The van der Waals surface area contributed by atoms with Crippen molar-refractivity contribution in [2.45, 2.75) is 12.8 Å².